The molecule has 0 radical (unpaired) electrons. The van der Waals surface area contributed by atoms with Gasteiger partial charge in [0.1, 0.15) is 11.3 Å². The lowest BCUT2D eigenvalue weighted by Crippen LogP contribution is -2.24. The number of hydrogen-bond acceptors (Lipinski definition) is 5. The molecule has 152 valence electrons. The monoisotopic (exact) mass is 404 g/mol. The molecule has 0 spiro atoms. The molecular formula is C20H18F2N2O5. The lowest BCUT2D eigenvalue weighted by molar-refractivity contribution is -0.119. The van der Waals surface area contributed by atoms with Gasteiger partial charge in [0.2, 0.25) is 5.91 Å². The topological polar surface area (TPSA) is 84.9 Å². The van der Waals surface area contributed by atoms with Crippen LogP contribution in [0.4, 0.5) is 20.2 Å². The van der Waals surface area contributed by atoms with Crippen LogP contribution in [-0.4, -0.2) is 37.5 Å². The second-order valence-corrected chi connectivity index (χ2v) is 6.19. The van der Waals surface area contributed by atoms with Crippen LogP contribution in [0.3, 0.4) is 0 Å². The molecule has 0 bridgehead atoms. The fourth-order valence-corrected chi connectivity index (χ4v) is 2.89. The number of nitrogens with one attached hydrogen (secondary N) is 1. The van der Waals surface area contributed by atoms with E-state index in [-0.39, 0.29) is 17.2 Å². The number of esters is 1. The van der Waals surface area contributed by atoms with Crippen molar-refractivity contribution in [2.75, 3.05) is 23.4 Å². The zero-order chi connectivity index (χ0) is 20.8. The van der Waals surface area contributed by atoms with E-state index in [1.165, 1.54) is 24.3 Å². The third-order valence-electron chi connectivity index (χ3n) is 4.19. The van der Waals surface area contributed by atoms with Crippen LogP contribution in [-0.2, 0) is 14.3 Å². The highest BCUT2D eigenvalue weighted by Crippen LogP contribution is 2.23. The quantitative estimate of drug-likeness (QED) is 0.717. The Hall–Kier alpha value is -3.49. The van der Waals surface area contributed by atoms with Gasteiger partial charge in [0.05, 0.1) is 0 Å². The first kappa shape index (κ1) is 20.2. The van der Waals surface area contributed by atoms with E-state index < -0.39 is 25.1 Å². The van der Waals surface area contributed by atoms with Crippen LogP contribution < -0.4 is 15.0 Å². The molecule has 0 unspecified atom stereocenters. The number of carbonyl (C=O) groups excluding carboxylic acids is 3. The van der Waals surface area contributed by atoms with Crippen LogP contribution in [0, 0.1) is 0 Å². The van der Waals surface area contributed by atoms with Crippen molar-refractivity contribution in [3.63, 3.8) is 0 Å². The van der Waals surface area contributed by atoms with Gasteiger partial charge in [0, 0.05) is 24.3 Å². The molecule has 2 aromatic rings. The van der Waals surface area contributed by atoms with E-state index in [4.69, 9.17) is 4.74 Å². The minimum atomic E-state index is -3.09. The minimum Gasteiger partial charge on any atom is -0.452 e. The van der Waals surface area contributed by atoms with Crippen LogP contribution in [0.25, 0.3) is 0 Å². The Labute approximate surface area is 165 Å². The maximum atomic E-state index is 12.4. The van der Waals surface area contributed by atoms with Gasteiger partial charge in [0.25, 0.3) is 5.91 Å². The van der Waals surface area contributed by atoms with E-state index in [1.54, 1.807) is 29.2 Å². The molecule has 0 atom stereocenters. The van der Waals surface area contributed by atoms with E-state index in [0.717, 1.165) is 12.1 Å². The standard InChI is InChI=1S/C20H18F2N2O5/c21-20(22)29-16-5-2-1-4-15(16)19(27)28-12-17(25)23-13-7-9-14(10-8-13)24-11-3-6-18(24)26/h1-2,4-5,7-10,20H,3,6,11-12H2,(H,23,25). The molecule has 0 aliphatic carbocycles. The second-order valence-electron chi connectivity index (χ2n) is 6.19. The molecule has 2 aromatic carbocycles. The van der Waals surface area contributed by atoms with Crippen molar-refractivity contribution in [2.24, 2.45) is 0 Å². The summed E-state index contributed by atoms with van der Waals surface area (Å²) in [6.07, 6.45) is 1.34. The molecule has 7 nitrogen and oxygen atoms in total. The van der Waals surface area contributed by atoms with Gasteiger partial charge in [-0.2, -0.15) is 8.78 Å². The molecule has 1 N–H and O–H groups in total. The molecule has 1 aliphatic rings. The van der Waals surface area contributed by atoms with Crippen molar-refractivity contribution >= 4 is 29.2 Å². The minimum absolute atomic E-state index is 0.0600. The van der Waals surface area contributed by atoms with Crippen LogP contribution >= 0.6 is 0 Å². The van der Waals surface area contributed by atoms with Crippen LogP contribution in [0.15, 0.2) is 48.5 Å². The molecule has 1 saturated heterocycles. The summed E-state index contributed by atoms with van der Waals surface area (Å²) >= 11 is 0. The summed E-state index contributed by atoms with van der Waals surface area (Å²) in [5.41, 5.74) is 0.996. The number of para-hydroxylation sites is 1. The van der Waals surface area contributed by atoms with Gasteiger partial charge in [-0.25, -0.2) is 4.79 Å². The van der Waals surface area contributed by atoms with Gasteiger partial charge in [-0.05, 0) is 42.8 Å². The molecule has 29 heavy (non-hydrogen) atoms. The Kier molecular flexibility index (Phi) is 6.38. The van der Waals surface area contributed by atoms with E-state index >= 15 is 0 Å². The molecule has 9 heteroatoms. The number of carbonyl (C=O) groups is 3. The highest BCUT2D eigenvalue weighted by atomic mass is 19.3. The first-order chi connectivity index (χ1) is 13.9. The average molecular weight is 404 g/mol. The molecular weight excluding hydrogens is 386 g/mol. The van der Waals surface area contributed by atoms with Crippen LogP contribution in [0.2, 0.25) is 0 Å². The van der Waals surface area contributed by atoms with Crippen molar-refractivity contribution < 1.29 is 32.6 Å². The fraction of sp³-hybridized carbons (Fsp3) is 0.250. The zero-order valence-corrected chi connectivity index (χ0v) is 15.3. The van der Waals surface area contributed by atoms with Gasteiger partial charge >= 0.3 is 12.6 Å². The Balaban J connectivity index is 1.53. The van der Waals surface area contributed by atoms with Gasteiger partial charge in [-0.1, -0.05) is 12.1 Å². The summed E-state index contributed by atoms with van der Waals surface area (Å²) in [6.45, 7) is -3.03. The third-order valence-corrected chi connectivity index (χ3v) is 4.19. The van der Waals surface area contributed by atoms with E-state index in [0.29, 0.717) is 18.7 Å². The highest BCUT2D eigenvalue weighted by molar-refractivity contribution is 5.98. The van der Waals surface area contributed by atoms with Crippen molar-refractivity contribution in [1.82, 2.24) is 0 Å². The number of hydrogen-bond donors (Lipinski definition) is 1. The molecule has 1 fully saturated rings. The zero-order valence-electron chi connectivity index (χ0n) is 15.3. The SMILES string of the molecule is O=C(COC(=O)c1ccccc1OC(F)F)Nc1ccc(N2CCCC2=O)cc1. The summed E-state index contributed by atoms with van der Waals surface area (Å²) in [4.78, 5) is 37.5. The lowest BCUT2D eigenvalue weighted by atomic mass is 10.2. The summed E-state index contributed by atoms with van der Waals surface area (Å²) in [5.74, 6) is -1.83. The van der Waals surface area contributed by atoms with Gasteiger partial charge in [-0.15, -0.1) is 0 Å². The number of alkyl halides is 2. The van der Waals surface area contributed by atoms with Gasteiger partial charge in [0.15, 0.2) is 6.61 Å². The Morgan fingerprint density at radius 1 is 1.10 bits per heavy atom. The van der Waals surface area contributed by atoms with Crippen LogP contribution in [0.5, 0.6) is 5.75 Å². The molecule has 0 saturated carbocycles. The maximum absolute atomic E-state index is 12.4. The molecule has 3 rings (SSSR count). The number of benzene rings is 2. The molecule has 0 aromatic heterocycles. The summed E-state index contributed by atoms with van der Waals surface area (Å²) in [6, 6.07) is 12.0. The Morgan fingerprint density at radius 3 is 2.48 bits per heavy atom. The fourth-order valence-electron chi connectivity index (χ4n) is 2.89. The van der Waals surface area contributed by atoms with Crippen molar-refractivity contribution in [3.8, 4) is 5.75 Å². The highest BCUT2D eigenvalue weighted by Gasteiger charge is 2.21. The Bertz CT molecular complexity index is 902. The van der Waals surface area contributed by atoms with Crippen LogP contribution in [0.1, 0.15) is 23.2 Å². The third kappa shape index (κ3) is 5.28. The largest absolute Gasteiger partial charge is 0.452 e. The molecule has 1 aliphatic heterocycles. The maximum Gasteiger partial charge on any atom is 0.387 e. The first-order valence-electron chi connectivity index (χ1n) is 8.85. The van der Waals surface area contributed by atoms with Gasteiger partial charge in [-0.3, -0.25) is 9.59 Å². The van der Waals surface area contributed by atoms with E-state index in [2.05, 4.69) is 10.1 Å². The predicted molar refractivity (Wildman–Crippen MR) is 100 cm³/mol. The normalized spacial score (nSPS) is 13.5. The van der Waals surface area contributed by atoms with Crippen molar-refractivity contribution in [3.05, 3.63) is 54.1 Å². The van der Waals surface area contributed by atoms with Crippen molar-refractivity contribution in [2.45, 2.75) is 19.5 Å². The summed E-state index contributed by atoms with van der Waals surface area (Å²) in [7, 11) is 0. The predicted octanol–water partition coefficient (Wildman–Crippen LogP) is 3.21. The lowest BCUT2D eigenvalue weighted by Gasteiger charge is -2.16. The number of ether oxygens (including phenoxy) is 2. The number of nitrogens with zero attached hydrogens (tertiary/aromatic N) is 1. The molecule has 1 heterocycles. The van der Waals surface area contributed by atoms with Crippen molar-refractivity contribution in [1.29, 1.82) is 0 Å². The number of amides is 2. The Morgan fingerprint density at radius 2 is 1.83 bits per heavy atom. The average Bonchev–Trinajstić information content (AvgIpc) is 3.12. The van der Waals surface area contributed by atoms with E-state index in [1.807, 2.05) is 0 Å². The summed E-state index contributed by atoms with van der Waals surface area (Å²) < 4.78 is 34.0. The van der Waals surface area contributed by atoms with Gasteiger partial charge < -0.3 is 19.7 Å². The number of anilines is 2. The smallest absolute Gasteiger partial charge is 0.387 e. The first-order valence-corrected chi connectivity index (χ1v) is 8.85. The van der Waals surface area contributed by atoms with E-state index in [9.17, 15) is 23.2 Å². The molecule has 2 amide bonds. The second kappa shape index (κ2) is 9.13. The number of halogens is 2. The number of rotatable bonds is 7. The summed E-state index contributed by atoms with van der Waals surface area (Å²) in [5, 5.41) is 2.55.